The second kappa shape index (κ2) is 19.1. The van der Waals surface area contributed by atoms with Gasteiger partial charge >= 0.3 is 12.2 Å². The van der Waals surface area contributed by atoms with Crippen molar-refractivity contribution in [3.63, 3.8) is 0 Å². The molecule has 0 aliphatic carbocycles. The van der Waals surface area contributed by atoms with Gasteiger partial charge in [-0.15, -0.1) is 0 Å². The predicted molar refractivity (Wildman–Crippen MR) is 229 cm³/mol. The predicted octanol–water partition coefficient (Wildman–Crippen LogP) is 7.44. The molecule has 0 bridgehead atoms. The third-order valence-corrected chi connectivity index (χ3v) is 15.8. The Labute approximate surface area is 342 Å². The van der Waals surface area contributed by atoms with Crippen LogP contribution in [0.3, 0.4) is 0 Å². The zero-order valence-corrected chi connectivity index (χ0v) is 34.5. The topological polar surface area (TPSA) is 126 Å². The summed E-state index contributed by atoms with van der Waals surface area (Å²) >= 11 is 0. The van der Waals surface area contributed by atoms with Gasteiger partial charge in [0, 0.05) is 11.6 Å². The first-order chi connectivity index (χ1) is 28.0. The Morgan fingerprint density at radius 2 is 1.26 bits per heavy atom. The Morgan fingerprint density at radius 3 is 1.78 bits per heavy atom. The molecule has 5 aromatic carbocycles. The Bertz CT molecular complexity index is 2020. The highest BCUT2D eigenvalue weighted by Gasteiger charge is 2.50. The van der Waals surface area contributed by atoms with Crippen LogP contribution < -0.4 is 21.0 Å². The largest absolute Gasteiger partial charge is 0.465 e. The SMILES string of the molecule is COC(=O)N[C@H](C(=O)Nc1ccccc1CCC1CN(C(=O)O)C[C@@H](CO[Si](c2ccccc2)(c2ccccc2)C(C)(C)C)O1)C(c1ccccc1)c1ccccc1. The van der Waals surface area contributed by atoms with E-state index in [-0.39, 0.29) is 24.7 Å². The van der Waals surface area contributed by atoms with E-state index in [1.807, 2.05) is 121 Å². The van der Waals surface area contributed by atoms with E-state index in [0.717, 1.165) is 27.1 Å². The summed E-state index contributed by atoms with van der Waals surface area (Å²) in [5.74, 6) is -0.934. The van der Waals surface area contributed by atoms with Crippen molar-refractivity contribution in [2.24, 2.45) is 0 Å². The van der Waals surface area contributed by atoms with Gasteiger partial charge in [0.15, 0.2) is 0 Å². The molecule has 6 rings (SSSR count). The van der Waals surface area contributed by atoms with Crippen LogP contribution in [-0.2, 0) is 25.1 Å². The van der Waals surface area contributed by atoms with Gasteiger partial charge in [0.05, 0.1) is 39.0 Å². The first kappa shape index (κ1) is 41.9. The molecule has 302 valence electrons. The van der Waals surface area contributed by atoms with Crippen molar-refractivity contribution in [2.75, 3.05) is 32.1 Å². The number of benzene rings is 5. The van der Waals surface area contributed by atoms with E-state index in [2.05, 4.69) is 55.7 Å². The van der Waals surface area contributed by atoms with Gasteiger partial charge in [0.1, 0.15) is 6.04 Å². The average molecular weight is 800 g/mol. The van der Waals surface area contributed by atoms with E-state index in [4.69, 9.17) is 13.9 Å². The first-order valence-corrected chi connectivity index (χ1v) is 21.6. The van der Waals surface area contributed by atoms with Gasteiger partial charge in [-0.3, -0.25) is 4.79 Å². The number of carbonyl (C=O) groups excluding carboxylic acids is 2. The van der Waals surface area contributed by atoms with Gasteiger partial charge < -0.3 is 34.5 Å². The van der Waals surface area contributed by atoms with E-state index >= 15 is 0 Å². The molecule has 11 heteroatoms. The molecular formula is C47H53N3O7Si. The molecule has 1 heterocycles. The van der Waals surface area contributed by atoms with Crippen LogP contribution in [-0.4, -0.2) is 81.5 Å². The fourth-order valence-electron chi connectivity index (χ4n) is 8.08. The molecule has 1 aliphatic heterocycles. The molecule has 0 radical (unpaired) electrons. The molecule has 3 atom stereocenters. The summed E-state index contributed by atoms with van der Waals surface area (Å²) in [6.45, 7) is 7.25. The van der Waals surface area contributed by atoms with Crippen LogP contribution in [0.5, 0.6) is 0 Å². The van der Waals surface area contributed by atoms with Gasteiger partial charge in [-0.1, -0.05) is 160 Å². The van der Waals surface area contributed by atoms with E-state index in [1.165, 1.54) is 12.0 Å². The minimum absolute atomic E-state index is 0.190. The molecule has 10 nitrogen and oxygen atoms in total. The highest BCUT2D eigenvalue weighted by Crippen LogP contribution is 2.37. The Morgan fingerprint density at radius 1 is 0.759 bits per heavy atom. The molecule has 1 aliphatic rings. The second-order valence-corrected chi connectivity index (χ2v) is 19.9. The van der Waals surface area contributed by atoms with Crippen molar-refractivity contribution in [3.05, 3.63) is 162 Å². The maximum atomic E-state index is 14.3. The minimum Gasteiger partial charge on any atom is -0.465 e. The lowest BCUT2D eigenvalue weighted by molar-refractivity contribution is -0.118. The molecule has 0 aromatic heterocycles. The summed E-state index contributed by atoms with van der Waals surface area (Å²) in [7, 11) is -1.62. The highest BCUT2D eigenvalue weighted by molar-refractivity contribution is 6.99. The first-order valence-electron chi connectivity index (χ1n) is 19.7. The van der Waals surface area contributed by atoms with Crippen molar-refractivity contribution in [3.8, 4) is 0 Å². The van der Waals surface area contributed by atoms with Crippen molar-refractivity contribution in [1.29, 1.82) is 0 Å². The Kier molecular flexibility index (Phi) is 13.8. The van der Waals surface area contributed by atoms with Crippen molar-refractivity contribution in [1.82, 2.24) is 10.2 Å². The van der Waals surface area contributed by atoms with Gasteiger partial charge in [-0.2, -0.15) is 0 Å². The summed E-state index contributed by atoms with van der Waals surface area (Å²) in [6.07, 6.45) is -1.66. The van der Waals surface area contributed by atoms with E-state index in [1.54, 1.807) is 0 Å². The monoisotopic (exact) mass is 799 g/mol. The van der Waals surface area contributed by atoms with Gasteiger partial charge in [0.2, 0.25) is 5.91 Å². The summed E-state index contributed by atoms with van der Waals surface area (Å²) in [5, 5.41) is 18.1. The van der Waals surface area contributed by atoms with Gasteiger partial charge in [0.25, 0.3) is 8.32 Å². The number of amides is 3. The van der Waals surface area contributed by atoms with Crippen molar-refractivity contribution in [2.45, 2.75) is 62.8 Å². The number of carbonyl (C=O) groups is 3. The molecule has 1 saturated heterocycles. The van der Waals surface area contributed by atoms with Crippen LogP contribution >= 0.6 is 0 Å². The molecule has 3 amide bonds. The van der Waals surface area contributed by atoms with E-state index in [0.29, 0.717) is 18.5 Å². The number of aryl methyl sites for hydroxylation is 1. The van der Waals surface area contributed by atoms with Crippen LogP contribution in [0.1, 0.15) is 49.8 Å². The average Bonchev–Trinajstić information content (AvgIpc) is 3.24. The zero-order valence-electron chi connectivity index (χ0n) is 33.5. The van der Waals surface area contributed by atoms with E-state index in [9.17, 15) is 19.5 Å². The lowest BCUT2D eigenvalue weighted by Crippen LogP contribution is -2.67. The molecule has 0 saturated carbocycles. The van der Waals surface area contributed by atoms with Crippen molar-refractivity contribution >= 4 is 42.5 Å². The highest BCUT2D eigenvalue weighted by atomic mass is 28.4. The van der Waals surface area contributed by atoms with Crippen LogP contribution in [0.15, 0.2) is 146 Å². The van der Waals surface area contributed by atoms with E-state index < -0.39 is 50.6 Å². The maximum absolute atomic E-state index is 14.3. The molecule has 1 fully saturated rings. The number of rotatable bonds is 14. The van der Waals surface area contributed by atoms with Crippen LogP contribution in [0, 0.1) is 0 Å². The second-order valence-electron chi connectivity index (χ2n) is 15.6. The third-order valence-electron chi connectivity index (χ3n) is 10.8. The van der Waals surface area contributed by atoms with Crippen molar-refractivity contribution < 1.29 is 33.4 Å². The third kappa shape index (κ3) is 9.85. The fraction of sp³-hybridized carbons (Fsp3) is 0.298. The summed E-state index contributed by atoms with van der Waals surface area (Å²) < 4.78 is 18.8. The molecule has 5 aromatic rings. The molecule has 3 N–H and O–H groups in total. The number of alkyl carbamates (subject to hydrolysis) is 1. The van der Waals surface area contributed by atoms with Crippen LogP contribution in [0.4, 0.5) is 15.3 Å². The normalized spacial score (nSPS) is 16.3. The number of hydrogen-bond acceptors (Lipinski definition) is 6. The number of ether oxygens (including phenoxy) is 2. The van der Waals surface area contributed by atoms with Crippen LogP contribution in [0.2, 0.25) is 5.04 Å². The number of methoxy groups -OCH3 is 1. The molecule has 1 unspecified atom stereocenters. The lowest BCUT2D eigenvalue weighted by atomic mass is 9.84. The quantitative estimate of drug-likeness (QED) is 0.0998. The molecule has 58 heavy (non-hydrogen) atoms. The van der Waals surface area contributed by atoms with Gasteiger partial charge in [-0.05, 0) is 51.0 Å². The number of para-hydroxylation sites is 1. The summed E-state index contributed by atoms with van der Waals surface area (Å²) in [4.78, 5) is 40.9. The number of hydrogen-bond donors (Lipinski definition) is 3. The fourth-order valence-corrected chi connectivity index (χ4v) is 12.7. The van der Waals surface area contributed by atoms with Gasteiger partial charge in [-0.25, -0.2) is 9.59 Å². The lowest BCUT2D eigenvalue weighted by Gasteiger charge is -2.45. The smallest absolute Gasteiger partial charge is 0.407 e. The summed E-state index contributed by atoms with van der Waals surface area (Å²) in [5.41, 5.74) is 3.13. The van der Waals surface area contributed by atoms with Crippen LogP contribution in [0.25, 0.3) is 0 Å². The number of morpholine rings is 1. The standard InChI is InChI=1S/C47H53N3O7Si/c1-47(2,3)58(39-24-13-7-14-25-39,40-26-15-8-16-27-40)56-33-38-32-50(46(53)54)31-37(57-38)30-29-34-19-17-18-28-41(34)48-44(51)43(49-45(52)55-4)42(35-20-9-5-10-21-35)36-22-11-6-12-23-36/h5-28,37-38,42-43H,29-33H2,1-4H3,(H,48,51)(H,49,52)(H,53,54)/t37?,38-,43-/m0/s1. The molecule has 0 spiro atoms. The number of anilines is 1. The number of carboxylic acid groups (broad SMARTS) is 1. The minimum atomic E-state index is -2.89. The Balaban J connectivity index is 1.21. The number of nitrogens with one attached hydrogen (secondary N) is 2. The maximum Gasteiger partial charge on any atom is 0.407 e. The zero-order chi connectivity index (χ0) is 41.1. The Hall–Kier alpha value is -5.75. The number of nitrogens with zero attached hydrogens (tertiary/aromatic N) is 1. The summed E-state index contributed by atoms with van der Waals surface area (Å²) in [6, 6.07) is 46.3. The molecular weight excluding hydrogens is 747 g/mol.